The molecule has 0 bridgehead atoms. The third-order valence-corrected chi connectivity index (χ3v) is 3.18. The summed E-state index contributed by atoms with van der Waals surface area (Å²) in [6, 6.07) is 9.88. The topological polar surface area (TPSA) is 72.7 Å². The zero-order valence-corrected chi connectivity index (χ0v) is 12.0. The third-order valence-electron chi connectivity index (χ3n) is 3.01. The van der Waals surface area contributed by atoms with Gasteiger partial charge in [-0.15, -0.1) is 0 Å². The lowest BCUT2D eigenvalue weighted by atomic mass is 10.2. The van der Waals surface area contributed by atoms with Gasteiger partial charge in [0.15, 0.2) is 17.0 Å². The molecule has 0 saturated heterocycles. The monoisotopic (exact) mass is 301 g/mol. The zero-order chi connectivity index (χ0) is 14.8. The van der Waals surface area contributed by atoms with Crippen molar-refractivity contribution in [3.8, 4) is 0 Å². The first-order valence-corrected chi connectivity index (χ1v) is 6.72. The lowest BCUT2D eigenvalue weighted by Gasteiger charge is -2.07. The first kappa shape index (κ1) is 13.5. The quantitative estimate of drug-likeness (QED) is 0.753. The predicted molar refractivity (Wildman–Crippen MR) is 80.4 cm³/mol. The number of carbonyl (C=O) groups is 1. The SMILES string of the molecule is CC(=O)n1cnc2c(NCc3ccccc3)nc(Cl)nc21. The molecule has 0 fully saturated rings. The maximum Gasteiger partial charge on any atom is 0.230 e. The molecule has 2 heterocycles. The number of halogens is 1. The predicted octanol–water partition coefficient (Wildman–Crippen LogP) is 2.75. The number of fused-ring (bicyclic) bond motifs is 1. The van der Waals surface area contributed by atoms with E-state index in [0.717, 1.165) is 5.56 Å². The molecule has 0 aliphatic heterocycles. The van der Waals surface area contributed by atoms with Crippen LogP contribution >= 0.6 is 11.6 Å². The largest absolute Gasteiger partial charge is 0.364 e. The van der Waals surface area contributed by atoms with Gasteiger partial charge in [-0.2, -0.15) is 9.97 Å². The number of anilines is 1. The minimum absolute atomic E-state index is 0.0704. The highest BCUT2D eigenvalue weighted by Crippen LogP contribution is 2.21. The molecule has 3 rings (SSSR count). The molecule has 7 heteroatoms. The van der Waals surface area contributed by atoms with Crippen LogP contribution in [0, 0.1) is 0 Å². The number of benzene rings is 1. The number of carbonyl (C=O) groups excluding carboxylic acids is 1. The Morgan fingerprint density at radius 1 is 1.29 bits per heavy atom. The minimum atomic E-state index is -0.179. The number of rotatable bonds is 3. The van der Waals surface area contributed by atoms with Gasteiger partial charge in [-0.25, -0.2) is 4.98 Å². The van der Waals surface area contributed by atoms with Gasteiger partial charge in [0.05, 0.1) is 0 Å². The summed E-state index contributed by atoms with van der Waals surface area (Å²) < 4.78 is 1.34. The summed E-state index contributed by atoms with van der Waals surface area (Å²) in [6.45, 7) is 2.02. The van der Waals surface area contributed by atoms with E-state index in [0.29, 0.717) is 23.5 Å². The van der Waals surface area contributed by atoms with Crippen molar-refractivity contribution in [3.63, 3.8) is 0 Å². The summed E-state index contributed by atoms with van der Waals surface area (Å²) in [5, 5.41) is 3.24. The minimum Gasteiger partial charge on any atom is -0.364 e. The van der Waals surface area contributed by atoms with Gasteiger partial charge in [-0.3, -0.25) is 9.36 Å². The van der Waals surface area contributed by atoms with E-state index in [1.807, 2.05) is 30.3 Å². The summed E-state index contributed by atoms with van der Waals surface area (Å²) in [6.07, 6.45) is 1.42. The number of hydrogen-bond donors (Lipinski definition) is 1. The zero-order valence-electron chi connectivity index (χ0n) is 11.2. The maximum atomic E-state index is 11.5. The second-order valence-electron chi connectivity index (χ2n) is 4.49. The van der Waals surface area contributed by atoms with Gasteiger partial charge >= 0.3 is 0 Å². The van der Waals surface area contributed by atoms with Crippen LogP contribution in [0.1, 0.15) is 17.3 Å². The van der Waals surface area contributed by atoms with Crippen LogP contribution in [0.4, 0.5) is 5.82 Å². The third kappa shape index (κ3) is 2.71. The molecule has 6 nitrogen and oxygen atoms in total. The molecule has 0 saturated carbocycles. The van der Waals surface area contributed by atoms with Crippen molar-refractivity contribution >= 4 is 34.5 Å². The second kappa shape index (κ2) is 5.49. The van der Waals surface area contributed by atoms with E-state index >= 15 is 0 Å². The van der Waals surface area contributed by atoms with Crippen LogP contribution in [0.2, 0.25) is 5.28 Å². The van der Waals surface area contributed by atoms with Crippen LogP contribution in [0.5, 0.6) is 0 Å². The van der Waals surface area contributed by atoms with Gasteiger partial charge in [0.2, 0.25) is 11.2 Å². The maximum absolute atomic E-state index is 11.5. The molecule has 106 valence electrons. The Morgan fingerprint density at radius 3 is 2.76 bits per heavy atom. The van der Waals surface area contributed by atoms with Gasteiger partial charge in [-0.1, -0.05) is 30.3 Å². The summed E-state index contributed by atoms with van der Waals surface area (Å²) in [7, 11) is 0. The molecule has 21 heavy (non-hydrogen) atoms. The van der Waals surface area contributed by atoms with Crippen molar-refractivity contribution in [1.82, 2.24) is 19.5 Å². The molecule has 2 aromatic heterocycles. The van der Waals surface area contributed by atoms with Crippen LogP contribution in [0.25, 0.3) is 11.2 Å². The van der Waals surface area contributed by atoms with Crippen molar-refractivity contribution in [3.05, 3.63) is 47.5 Å². The number of hydrogen-bond acceptors (Lipinski definition) is 5. The number of aromatic nitrogens is 4. The molecule has 0 aliphatic rings. The molecular formula is C14H12ClN5O. The van der Waals surface area contributed by atoms with Crippen molar-refractivity contribution in [2.24, 2.45) is 0 Å². The lowest BCUT2D eigenvalue weighted by Crippen LogP contribution is -2.07. The van der Waals surface area contributed by atoms with Gasteiger partial charge in [0.1, 0.15) is 6.33 Å². The lowest BCUT2D eigenvalue weighted by molar-refractivity contribution is 0.0940. The highest BCUT2D eigenvalue weighted by molar-refractivity contribution is 6.28. The van der Waals surface area contributed by atoms with E-state index in [1.54, 1.807) is 0 Å². The highest BCUT2D eigenvalue weighted by atomic mass is 35.5. The van der Waals surface area contributed by atoms with Gasteiger partial charge in [0.25, 0.3) is 0 Å². The Labute approximate surface area is 125 Å². The Hall–Kier alpha value is -2.47. The molecule has 0 spiro atoms. The molecule has 0 atom stereocenters. The van der Waals surface area contributed by atoms with Crippen LogP contribution in [0.15, 0.2) is 36.7 Å². The van der Waals surface area contributed by atoms with Crippen molar-refractivity contribution in [2.75, 3.05) is 5.32 Å². The van der Waals surface area contributed by atoms with Crippen molar-refractivity contribution in [1.29, 1.82) is 0 Å². The summed E-state index contributed by atoms with van der Waals surface area (Å²) >= 11 is 5.92. The smallest absolute Gasteiger partial charge is 0.230 e. The average molecular weight is 302 g/mol. The Morgan fingerprint density at radius 2 is 2.05 bits per heavy atom. The fourth-order valence-electron chi connectivity index (χ4n) is 2.01. The first-order chi connectivity index (χ1) is 10.1. The standard InChI is InChI=1S/C14H12ClN5O/c1-9(21)20-8-17-11-12(18-14(15)19-13(11)20)16-7-10-5-3-2-4-6-10/h2-6,8H,7H2,1H3,(H,16,18,19). The van der Waals surface area contributed by atoms with Crippen LogP contribution < -0.4 is 5.32 Å². The van der Waals surface area contributed by atoms with E-state index in [4.69, 9.17) is 11.6 Å². The molecule has 0 amide bonds. The van der Waals surface area contributed by atoms with E-state index < -0.39 is 0 Å². The molecule has 0 unspecified atom stereocenters. The van der Waals surface area contributed by atoms with Gasteiger partial charge < -0.3 is 5.32 Å². The van der Waals surface area contributed by atoms with E-state index in [-0.39, 0.29) is 11.2 Å². The Bertz CT molecular complexity index is 800. The summed E-state index contributed by atoms with van der Waals surface area (Å²) in [5.74, 6) is 0.329. The second-order valence-corrected chi connectivity index (χ2v) is 4.82. The Balaban J connectivity index is 1.97. The molecular weight excluding hydrogens is 290 g/mol. The van der Waals surface area contributed by atoms with E-state index in [9.17, 15) is 4.79 Å². The van der Waals surface area contributed by atoms with Crippen LogP contribution in [-0.2, 0) is 6.54 Å². The normalized spacial score (nSPS) is 10.8. The van der Waals surface area contributed by atoms with E-state index in [1.165, 1.54) is 17.8 Å². The summed E-state index contributed by atoms with van der Waals surface area (Å²) in [4.78, 5) is 23.9. The van der Waals surface area contributed by atoms with Crippen LogP contribution in [0.3, 0.4) is 0 Å². The molecule has 0 aliphatic carbocycles. The number of imidazole rings is 1. The van der Waals surface area contributed by atoms with Crippen molar-refractivity contribution < 1.29 is 4.79 Å². The van der Waals surface area contributed by atoms with E-state index in [2.05, 4.69) is 20.3 Å². The fraction of sp³-hybridized carbons (Fsp3) is 0.143. The number of nitrogens with zero attached hydrogens (tertiary/aromatic N) is 4. The Kier molecular flexibility index (Phi) is 3.53. The molecule has 1 N–H and O–H groups in total. The summed E-state index contributed by atoms with van der Waals surface area (Å²) in [5.41, 5.74) is 2.02. The average Bonchev–Trinajstić information content (AvgIpc) is 2.89. The molecule has 3 aromatic rings. The van der Waals surface area contributed by atoms with Crippen molar-refractivity contribution in [2.45, 2.75) is 13.5 Å². The highest BCUT2D eigenvalue weighted by Gasteiger charge is 2.14. The van der Waals surface area contributed by atoms with Gasteiger partial charge in [-0.05, 0) is 17.2 Å². The number of nitrogens with one attached hydrogen (secondary N) is 1. The van der Waals surface area contributed by atoms with Crippen LogP contribution in [-0.4, -0.2) is 25.4 Å². The molecule has 1 aromatic carbocycles. The fourth-order valence-corrected chi connectivity index (χ4v) is 2.17. The first-order valence-electron chi connectivity index (χ1n) is 6.34. The van der Waals surface area contributed by atoms with Gasteiger partial charge in [0, 0.05) is 13.5 Å². The molecule has 0 radical (unpaired) electrons.